The fourth-order valence-electron chi connectivity index (χ4n) is 3.34. The predicted molar refractivity (Wildman–Crippen MR) is 109 cm³/mol. The maximum absolute atomic E-state index is 13.9. The fraction of sp³-hybridized carbons (Fsp3) is 0.130. The number of halogens is 1. The SMILES string of the molecule is COc1ccccc1Cn1c(CNC(=O)c2ccccc2F)nc2ccccc21. The number of fused-ring (bicyclic) bond motifs is 1. The summed E-state index contributed by atoms with van der Waals surface area (Å²) in [5.74, 6) is 0.444. The van der Waals surface area contributed by atoms with Crippen molar-refractivity contribution >= 4 is 16.9 Å². The minimum absolute atomic E-state index is 0.0138. The normalized spacial score (nSPS) is 10.8. The molecule has 0 fully saturated rings. The van der Waals surface area contributed by atoms with Gasteiger partial charge in [-0.05, 0) is 30.3 Å². The minimum Gasteiger partial charge on any atom is -0.496 e. The number of nitrogens with zero attached hydrogens (tertiary/aromatic N) is 2. The topological polar surface area (TPSA) is 56.1 Å². The Hall–Kier alpha value is -3.67. The number of amides is 1. The monoisotopic (exact) mass is 389 g/mol. The summed E-state index contributed by atoms with van der Waals surface area (Å²) in [4.78, 5) is 17.1. The van der Waals surface area contributed by atoms with Gasteiger partial charge in [-0.25, -0.2) is 9.37 Å². The third-order valence-corrected chi connectivity index (χ3v) is 4.78. The van der Waals surface area contributed by atoms with Crippen LogP contribution >= 0.6 is 0 Å². The maximum Gasteiger partial charge on any atom is 0.254 e. The van der Waals surface area contributed by atoms with Crippen molar-refractivity contribution in [2.75, 3.05) is 7.11 Å². The van der Waals surface area contributed by atoms with E-state index in [0.717, 1.165) is 22.3 Å². The molecule has 1 amide bonds. The molecular formula is C23H20FN3O2. The summed E-state index contributed by atoms with van der Waals surface area (Å²) < 4.78 is 21.4. The molecule has 0 saturated heterocycles. The zero-order chi connectivity index (χ0) is 20.2. The van der Waals surface area contributed by atoms with E-state index in [1.165, 1.54) is 12.1 Å². The molecule has 1 heterocycles. The van der Waals surface area contributed by atoms with Crippen molar-refractivity contribution in [2.45, 2.75) is 13.1 Å². The van der Waals surface area contributed by atoms with Gasteiger partial charge in [0.15, 0.2) is 0 Å². The Morgan fingerprint density at radius 2 is 1.76 bits per heavy atom. The van der Waals surface area contributed by atoms with Gasteiger partial charge >= 0.3 is 0 Å². The van der Waals surface area contributed by atoms with E-state index in [1.54, 1.807) is 19.2 Å². The third kappa shape index (κ3) is 3.82. The Morgan fingerprint density at radius 3 is 2.59 bits per heavy atom. The van der Waals surface area contributed by atoms with Crippen LogP contribution in [0.25, 0.3) is 11.0 Å². The van der Waals surface area contributed by atoms with E-state index in [2.05, 4.69) is 10.3 Å². The van der Waals surface area contributed by atoms with Crippen molar-refractivity contribution in [3.8, 4) is 5.75 Å². The molecule has 0 unspecified atom stereocenters. The zero-order valence-electron chi connectivity index (χ0n) is 15.9. The number of nitrogens with one attached hydrogen (secondary N) is 1. The first-order valence-corrected chi connectivity index (χ1v) is 9.26. The van der Waals surface area contributed by atoms with Crippen LogP contribution in [-0.4, -0.2) is 22.6 Å². The van der Waals surface area contributed by atoms with Gasteiger partial charge < -0.3 is 14.6 Å². The molecule has 6 heteroatoms. The molecule has 0 spiro atoms. The lowest BCUT2D eigenvalue weighted by molar-refractivity contribution is 0.0945. The highest BCUT2D eigenvalue weighted by Gasteiger charge is 2.15. The number of carbonyl (C=O) groups excluding carboxylic acids is 1. The highest BCUT2D eigenvalue weighted by Crippen LogP contribution is 2.23. The van der Waals surface area contributed by atoms with Crippen LogP contribution in [0.5, 0.6) is 5.75 Å². The van der Waals surface area contributed by atoms with Crippen LogP contribution in [0.15, 0.2) is 72.8 Å². The molecule has 1 N–H and O–H groups in total. The standard InChI is InChI=1S/C23H20FN3O2/c1-29-21-13-7-2-8-16(21)15-27-20-12-6-5-11-19(20)26-22(27)14-25-23(28)17-9-3-4-10-18(17)24/h2-13H,14-15H2,1H3,(H,25,28). The van der Waals surface area contributed by atoms with Gasteiger partial charge in [0, 0.05) is 5.56 Å². The van der Waals surface area contributed by atoms with E-state index in [0.29, 0.717) is 12.4 Å². The quantitative estimate of drug-likeness (QED) is 0.539. The van der Waals surface area contributed by atoms with Crippen LogP contribution in [0.4, 0.5) is 4.39 Å². The van der Waals surface area contributed by atoms with Crippen LogP contribution in [0, 0.1) is 5.82 Å². The first-order chi connectivity index (χ1) is 14.2. The van der Waals surface area contributed by atoms with Gasteiger partial charge in [0.25, 0.3) is 5.91 Å². The van der Waals surface area contributed by atoms with E-state index in [-0.39, 0.29) is 12.1 Å². The maximum atomic E-state index is 13.9. The summed E-state index contributed by atoms with van der Waals surface area (Å²) in [7, 11) is 1.64. The van der Waals surface area contributed by atoms with Gasteiger partial charge in [-0.1, -0.05) is 42.5 Å². The van der Waals surface area contributed by atoms with Gasteiger partial charge in [0.1, 0.15) is 17.4 Å². The second-order valence-corrected chi connectivity index (χ2v) is 6.58. The van der Waals surface area contributed by atoms with Gasteiger partial charge in [0.05, 0.1) is 36.8 Å². The summed E-state index contributed by atoms with van der Waals surface area (Å²) in [5, 5.41) is 2.78. The number of para-hydroxylation sites is 3. The zero-order valence-corrected chi connectivity index (χ0v) is 15.9. The smallest absolute Gasteiger partial charge is 0.254 e. The molecule has 0 saturated carbocycles. The number of methoxy groups -OCH3 is 1. The molecule has 1 aromatic heterocycles. The van der Waals surface area contributed by atoms with Gasteiger partial charge in [-0.15, -0.1) is 0 Å². The largest absolute Gasteiger partial charge is 0.496 e. The number of ether oxygens (including phenoxy) is 1. The average molecular weight is 389 g/mol. The molecule has 29 heavy (non-hydrogen) atoms. The highest BCUT2D eigenvalue weighted by atomic mass is 19.1. The van der Waals surface area contributed by atoms with Crippen molar-refractivity contribution in [3.63, 3.8) is 0 Å². The summed E-state index contributed by atoms with van der Waals surface area (Å²) in [5.41, 5.74) is 2.80. The number of carbonyl (C=O) groups is 1. The van der Waals surface area contributed by atoms with E-state index >= 15 is 0 Å². The van der Waals surface area contributed by atoms with Crippen LogP contribution in [0.1, 0.15) is 21.7 Å². The number of aromatic nitrogens is 2. The predicted octanol–water partition coefficient (Wildman–Crippen LogP) is 4.16. The number of rotatable bonds is 6. The first-order valence-electron chi connectivity index (χ1n) is 9.26. The van der Waals surface area contributed by atoms with E-state index < -0.39 is 11.7 Å². The molecule has 4 rings (SSSR count). The van der Waals surface area contributed by atoms with Crippen LogP contribution < -0.4 is 10.1 Å². The molecule has 3 aromatic carbocycles. The molecule has 0 bridgehead atoms. The Balaban J connectivity index is 1.65. The van der Waals surface area contributed by atoms with E-state index in [4.69, 9.17) is 4.74 Å². The van der Waals surface area contributed by atoms with Crippen LogP contribution in [0.3, 0.4) is 0 Å². The Labute approximate surface area is 167 Å². The molecule has 0 radical (unpaired) electrons. The van der Waals surface area contributed by atoms with E-state index in [1.807, 2.05) is 53.1 Å². The van der Waals surface area contributed by atoms with Crippen molar-refractivity contribution in [2.24, 2.45) is 0 Å². The van der Waals surface area contributed by atoms with Gasteiger partial charge in [-0.2, -0.15) is 0 Å². The lowest BCUT2D eigenvalue weighted by atomic mass is 10.2. The molecule has 0 aliphatic rings. The lowest BCUT2D eigenvalue weighted by Crippen LogP contribution is -2.25. The summed E-state index contributed by atoms with van der Waals surface area (Å²) in [6.45, 7) is 0.715. The Kier molecular flexibility index (Phi) is 5.24. The highest BCUT2D eigenvalue weighted by molar-refractivity contribution is 5.94. The van der Waals surface area contributed by atoms with Crippen molar-refractivity contribution in [1.82, 2.24) is 14.9 Å². The molecule has 5 nitrogen and oxygen atoms in total. The second kappa shape index (κ2) is 8.14. The average Bonchev–Trinajstić information content (AvgIpc) is 3.10. The molecule has 0 aliphatic carbocycles. The third-order valence-electron chi connectivity index (χ3n) is 4.78. The fourth-order valence-corrected chi connectivity index (χ4v) is 3.34. The molecule has 0 atom stereocenters. The van der Waals surface area contributed by atoms with Crippen LogP contribution in [0.2, 0.25) is 0 Å². The summed E-state index contributed by atoms with van der Waals surface area (Å²) in [6, 6.07) is 21.5. The Bertz CT molecular complexity index is 1170. The molecular weight excluding hydrogens is 369 g/mol. The van der Waals surface area contributed by atoms with Gasteiger partial charge in [-0.3, -0.25) is 4.79 Å². The minimum atomic E-state index is -0.549. The first kappa shape index (κ1) is 18.7. The Morgan fingerprint density at radius 1 is 1.03 bits per heavy atom. The molecule has 146 valence electrons. The second-order valence-electron chi connectivity index (χ2n) is 6.58. The summed E-state index contributed by atoms with van der Waals surface area (Å²) >= 11 is 0. The van der Waals surface area contributed by atoms with E-state index in [9.17, 15) is 9.18 Å². The number of imidazole rings is 1. The summed E-state index contributed by atoms with van der Waals surface area (Å²) in [6.07, 6.45) is 0. The number of hydrogen-bond acceptors (Lipinski definition) is 3. The molecule has 4 aromatic rings. The number of benzene rings is 3. The number of hydrogen-bond donors (Lipinski definition) is 1. The molecule has 0 aliphatic heterocycles. The van der Waals surface area contributed by atoms with Crippen molar-refractivity contribution in [3.05, 3.63) is 95.6 Å². The van der Waals surface area contributed by atoms with Crippen LogP contribution in [-0.2, 0) is 13.1 Å². The van der Waals surface area contributed by atoms with Crippen molar-refractivity contribution < 1.29 is 13.9 Å². The lowest BCUT2D eigenvalue weighted by Gasteiger charge is -2.13. The van der Waals surface area contributed by atoms with Crippen molar-refractivity contribution in [1.29, 1.82) is 0 Å². The van der Waals surface area contributed by atoms with Gasteiger partial charge in [0.2, 0.25) is 0 Å².